The Kier molecular flexibility index (Phi) is 77.9. The van der Waals surface area contributed by atoms with Crippen LogP contribution in [0.5, 0.6) is 0 Å². The maximum absolute atomic E-state index is 13.6. The molecule has 660 valence electrons. The standard InChI is InChI=1S/C88H154N2.2C11H23.Pd/c1-9-17-25-31-33-35-36-37-38-39-40-41-42-43-44-45-46-47-48-49-50-51-52-54-56-64-72-86-85(71-63-55-53-34-32-26-18-10-2)87(81-73-77(65-59-27-19-11-3)83(69-57-23-15-7)78(74-81)66-60-28-20-12-4)90(89)88(86)82-75-79(67-61-29-21-13-5)84(70-58-24-16-8)80(76-82)68-62-30-22-14-6;2*1-3-5-7-9-11-10-8-6-4-2;/h64,72-76H,9-63,65-71H2,1-8H3;2*1,3-11H2,2H3;. The van der Waals surface area contributed by atoms with Gasteiger partial charge in [-0.05, 0) is 160 Å². The summed E-state index contributed by atoms with van der Waals surface area (Å²) in [5.41, 5.74) is 30.7. The molecule has 0 bridgehead atoms. The van der Waals surface area contributed by atoms with Crippen LogP contribution in [-0.4, -0.2) is 4.70 Å². The summed E-state index contributed by atoms with van der Waals surface area (Å²) in [6.45, 7) is 23.4. The van der Waals surface area contributed by atoms with Crippen molar-refractivity contribution in [2.24, 2.45) is 0 Å². The van der Waals surface area contributed by atoms with Crippen LogP contribution < -0.4 is 0 Å². The fraction of sp³-hybridized carbons (Fsp3) is 0.836. The van der Waals surface area contributed by atoms with Gasteiger partial charge in [0.15, 0.2) is 0 Å². The van der Waals surface area contributed by atoms with Gasteiger partial charge in [-0.1, -0.05) is 363 Å². The summed E-state index contributed by atoms with van der Waals surface area (Å²) in [5.74, 6) is 0. The summed E-state index contributed by atoms with van der Waals surface area (Å²) in [6.07, 6.45) is 114. The zero-order valence-corrected chi connectivity index (χ0v) is 80.2. The monoisotopic (exact) mass is 1660 g/mol. The first-order valence-electron chi connectivity index (χ1n) is 52.2. The number of nitrogens with zero attached hydrogens (tertiary/aromatic N) is 2. The average Bonchev–Trinajstić information content (AvgIpc) is 1.60. The van der Waals surface area contributed by atoms with Crippen LogP contribution in [0.25, 0.3) is 16.9 Å². The van der Waals surface area contributed by atoms with Crippen LogP contribution in [0.4, 0.5) is 0 Å². The zero-order chi connectivity index (χ0) is 81.4. The third-order valence-electron chi connectivity index (χ3n) is 25.4. The molecule has 1 aliphatic rings. The Hall–Kier alpha value is -2.08. The van der Waals surface area contributed by atoms with Gasteiger partial charge in [0.1, 0.15) is 0 Å². The molecule has 0 unspecified atom stereocenters. The minimum atomic E-state index is 1.02. The summed E-state index contributed by atoms with van der Waals surface area (Å²) >= 11 is 1.07. The number of hydrogen-bond donors (Lipinski definition) is 0. The van der Waals surface area contributed by atoms with Crippen molar-refractivity contribution in [1.82, 2.24) is 0 Å². The predicted octanol–water partition coefficient (Wildman–Crippen LogP) is 39.6. The molecule has 1 heterocycles. The van der Waals surface area contributed by atoms with Crippen LogP contribution in [0.1, 0.15) is 589 Å². The van der Waals surface area contributed by atoms with Gasteiger partial charge in [-0.15, -0.1) is 0 Å². The van der Waals surface area contributed by atoms with Gasteiger partial charge in [-0.25, -0.2) is 4.70 Å². The van der Waals surface area contributed by atoms with Gasteiger partial charge in [-0.2, -0.15) is 0 Å². The Morgan fingerprint density at radius 3 is 0.708 bits per heavy atom. The second-order valence-electron chi connectivity index (χ2n) is 36.3. The average molecular weight is 1660 g/mol. The molecule has 0 atom stereocenters. The van der Waals surface area contributed by atoms with Crippen molar-refractivity contribution in [2.45, 2.75) is 593 Å². The molecule has 2 aromatic rings. The molecular weight excluding hydrogens is 1460 g/mol. The number of allylic oxidation sites excluding steroid dienone is 4. The van der Waals surface area contributed by atoms with Crippen LogP contribution in [0.15, 0.2) is 47.6 Å². The normalized spacial score (nSPS) is 12.6. The fourth-order valence-electron chi connectivity index (χ4n) is 18.0. The Balaban J connectivity index is 0.00000161. The third kappa shape index (κ3) is 57.0. The van der Waals surface area contributed by atoms with Gasteiger partial charge in [0.25, 0.3) is 0 Å². The predicted molar refractivity (Wildman–Crippen MR) is 510 cm³/mol. The second kappa shape index (κ2) is 82.2. The van der Waals surface area contributed by atoms with E-state index < -0.39 is 0 Å². The second-order valence-corrected chi connectivity index (χ2v) is 38.6. The summed E-state index contributed by atoms with van der Waals surface area (Å²) in [4.78, 5) is 3.09. The molecule has 0 radical (unpaired) electrons. The molecule has 2 aromatic carbocycles. The van der Waals surface area contributed by atoms with Gasteiger partial charge in [0.2, 0.25) is 11.4 Å². The van der Waals surface area contributed by atoms with Crippen molar-refractivity contribution >= 4 is 11.4 Å². The van der Waals surface area contributed by atoms with Gasteiger partial charge >= 0.3 is 157 Å². The first kappa shape index (κ1) is 107. The molecule has 0 saturated carbocycles. The van der Waals surface area contributed by atoms with Crippen LogP contribution in [0.2, 0.25) is 9.79 Å². The Bertz CT molecular complexity index is 2420. The van der Waals surface area contributed by atoms with E-state index in [1.807, 2.05) is 0 Å². The Morgan fingerprint density at radius 1 is 0.230 bits per heavy atom. The van der Waals surface area contributed by atoms with Gasteiger partial charge < -0.3 is 5.53 Å². The minimum absolute atomic E-state index is 1.02. The Morgan fingerprint density at radius 2 is 0.434 bits per heavy atom. The molecule has 0 aromatic heterocycles. The van der Waals surface area contributed by atoms with E-state index in [0.29, 0.717) is 0 Å². The summed E-state index contributed by atoms with van der Waals surface area (Å²) < 4.78 is 1.79. The molecule has 0 N–H and O–H groups in total. The maximum atomic E-state index is 13.6. The van der Waals surface area contributed by atoms with Crippen LogP contribution in [0, 0.1) is 0 Å². The van der Waals surface area contributed by atoms with Crippen molar-refractivity contribution in [3.05, 3.63) is 97.6 Å². The van der Waals surface area contributed by atoms with E-state index in [0.717, 1.165) is 67.9 Å². The van der Waals surface area contributed by atoms with Crippen LogP contribution in [-0.2, 0) is 56.5 Å². The van der Waals surface area contributed by atoms with E-state index in [4.69, 9.17) is 0 Å². The fourth-order valence-corrected chi connectivity index (χ4v) is 19.9. The number of aryl methyl sites for hydroxylation is 4. The van der Waals surface area contributed by atoms with Gasteiger partial charge in [0.05, 0.1) is 5.57 Å². The van der Waals surface area contributed by atoms with Crippen LogP contribution >= 0.6 is 0 Å². The quantitative estimate of drug-likeness (QED) is 0.0358. The zero-order valence-electron chi connectivity index (χ0n) is 78.7. The van der Waals surface area contributed by atoms with Gasteiger partial charge in [-0.3, -0.25) is 0 Å². The van der Waals surface area contributed by atoms with E-state index in [1.54, 1.807) is 47.9 Å². The first-order valence-corrected chi connectivity index (χ1v) is 54.4. The molecular formula is C110H200N2Pd. The van der Waals surface area contributed by atoms with Crippen molar-refractivity contribution in [3.63, 3.8) is 0 Å². The van der Waals surface area contributed by atoms with E-state index in [9.17, 15) is 5.53 Å². The molecule has 113 heavy (non-hydrogen) atoms. The van der Waals surface area contributed by atoms with E-state index >= 15 is 0 Å². The summed E-state index contributed by atoms with van der Waals surface area (Å²) in [5, 5.41) is 0. The van der Waals surface area contributed by atoms with Crippen molar-refractivity contribution in [3.8, 4) is 0 Å². The molecule has 3 heteroatoms. The summed E-state index contributed by atoms with van der Waals surface area (Å²) in [6, 6.07) is 10.5. The number of benzene rings is 2. The topological polar surface area (TPSA) is 25.3 Å². The number of hydrogen-bond acceptors (Lipinski definition) is 0. The molecule has 0 aliphatic carbocycles. The molecule has 0 amide bonds. The summed E-state index contributed by atoms with van der Waals surface area (Å²) in [7, 11) is 0. The third-order valence-corrected chi connectivity index (χ3v) is 27.6. The first-order chi connectivity index (χ1) is 55.8. The van der Waals surface area contributed by atoms with E-state index in [1.165, 1.54) is 497 Å². The number of rotatable bonds is 85. The number of unbranched alkanes of at least 4 members (excludes halogenated alkanes) is 63. The van der Waals surface area contributed by atoms with E-state index in [-0.39, 0.29) is 0 Å². The molecule has 0 spiro atoms. The van der Waals surface area contributed by atoms with Crippen molar-refractivity contribution in [1.29, 1.82) is 0 Å². The molecule has 2 nitrogen and oxygen atoms in total. The molecule has 0 saturated heterocycles. The van der Waals surface area contributed by atoms with Crippen molar-refractivity contribution in [2.75, 3.05) is 0 Å². The molecule has 1 aliphatic heterocycles. The molecule has 3 rings (SSSR count). The van der Waals surface area contributed by atoms with Crippen LogP contribution in [0.3, 0.4) is 0 Å². The molecule has 0 fully saturated rings. The van der Waals surface area contributed by atoms with Crippen molar-refractivity contribution < 1.29 is 22.7 Å². The van der Waals surface area contributed by atoms with Gasteiger partial charge in [0, 0.05) is 16.7 Å². The SMILES string of the molecule is CCCCCCCCCCCCCCCCCCCCCCCCCCC=CC1=C(c2cc(CCCCCC)c(CCCCC)c(CCCCCC)c2)[N+](=[N-])C(c2cc(CCCCCC)c(CCCCC)c(CCCCCC)c2)=C1CCCCCCCCCC.CCCCCCCCCC[CH2][Pd][CH2]CCCCCCCCCC. The van der Waals surface area contributed by atoms with E-state index in [2.05, 4.69) is 106 Å². The Labute approximate surface area is 719 Å².